The van der Waals surface area contributed by atoms with Crippen LogP contribution in [-0.2, 0) is 0 Å². The number of aliphatic hydroxyl groups is 1. The summed E-state index contributed by atoms with van der Waals surface area (Å²) in [7, 11) is 0. The summed E-state index contributed by atoms with van der Waals surface area (Å²) >= 11 is 0. The molecule has 17 heavy (non-hydrogen) atoms. The van der Waals surface area contributed by atoms with Crippen LogP contribution in [-0.4, -0.2) is 24.3 Å². The largest absolute Gasteiger partial charge is 0.393 e. The smallest absolute Gasteiger partial charge is 0.0546 e. The first-order valence-corrected chi connectivity index (χ1v) is 6.70. The molecule has 94 valence electrons. The molecule has 0 bridgehead atoms. The standard InChI is InChI=1S/C15H23NO/c1-4-16(5-2)13-8-6-12(7-9-13)15-10-14(15)11(3)17/h6-9,11,14-15,17H,4-5,10H2,1-3H3/t11-,14-,15-/m1/s1. The average Bonchev–Trinajstić information content (AvgIpc) is 3.12. The summed E-state index contributed by atoms with van der Waals surface area (Å²) in [4.78, 5) is 2.35. The van der Waals surface area contributed by atoms with E-state index in [9.17, 15) is 5.11 Å². The molecule has 1 saturated carbocycles. The fourth-order valence-electron chi connectivity index (χ4n) is 2.65. The maximum atomic E-state index is 9.53. The Morgan fingerprint density at radius 2 is 1.82 bits per heavy atom. The van der Waals surface area contributed by atoms with Gasteiger partial charge in [-0.25, -0.2) is 0 Å². The van der Waals surface area contributed by atoms with Gasteiger partial charge in [-0.2, -0.15) is 0 Å². The molecule has 0 spiro atoms. The normalized spacial score (nSPS) is 24.5. The van der Waals surface area contributed by atoms with Gasteiger partial charge in [0.25, 0.3) is 0 Å². The predicted molar refractivity (Wildman–Crippen MR) is 72.5 cm³/mol. The van der Waals surface area contributed by atoms with Crippen LogP contribution in [0.3, 0.4) is 0 Å². The Bertz CT molecular complexity index is 354. The molecule has 0 saturated heterocycles. The van der Waals surface area contributed by atoms with Gasteiger partial charge in [-0.1, -0.05) is 12.1 Å². The van der Waals surface area contributed by atoms with Gasteiger partial charge in [0.2, 0.25) is 0 Å². The van der Waals surface area contributed by atoms with Crippen molar-refractivity contribution in [2.24, 2.45) is 5.92 Å². The maximum Gasteiger partial charge on any atom is 0.0546 e. The van der Waals surface area contributed by atoms with Crippen molar-refractivity contribution >= 4 is 5.69 Å². The van der Waals surface area contributed by atoms with Gasteiger partial charge < -0.3 is 10.0 Å². The molecule has 2 heteroatoms. The highest BCUT2D eigenvalue weighted by molar-refractivity contribution is 5.48. The molecule has 2 nitrogen and oxygen atoms in total. The lowest BCUT2D eigenvalue weighted by molar-refractivity contribution is 0.169. The van der Waals surface area contributed by atoms with Crippen LogP contribution in [0.4, 0.5) is 5.69 Å². The first-order chi connectivity index (χ1) is 8.17. The molecule has 1 aromatic carbocycles. The summed E-state index contributed by atoms with van der Waals surface area (Å²) < 4.78 is 0. The van der Waals surface area contributed by atoms with Crippen molar-refractivity contribution < 1.29 is 5.11 Å². The summed E-state index contributed by atoms with van der Waals surface area (Å²) in [6, 6.07) is 8.86. The lowest BCUT2D eigenvalue weighted by Crippen LogP contribution is -2.21. The molecule has 0 aromatic heterocycles. The molecule has 2 rings (SSSR count). The van der Waals surface area contributed by atoms with Gasteiger partial charge in [0, 0.05) is 18.8 Å². The average molecular weight is 233 g/mol. The summed E-state index contributed by atoms with van der Waals surface area (Å²) in [5, 5.41) is 9.53. The monoisotopic (exact) mass is 233 g/mol. The molecule has 0 aliphatic heterocycles. The highest BCUT2D eigenvalue weighted by Gasteiger charge is 2.41. The predicted octanol–water partition coefficient (Wildman–Crippen LogP) is 3.02. The Morgan fingerprint density at radius 1 is 1.24 bits per heavy atom. The van der Waals surface area contributed by atoms with Crippen LogP contribution < -0.4 is 4.90 Å². The van der Waals surface area contributed by atoms with E-state index in [-0.39, 0.29) is 6.10 Å². The molecule has 1 aromatic rings. The second kappa shape index (κ2) is 5.09. The highest BCUT2D eigenvalue weighted by Crippen LogP contribution is 2.49. The zero-order valence-corrected chi connectivity index (χ0v) is 11.1. The topological polar surface area (TPSA) is 23.5 Å². The Balaban J connectivity index is 2.04. The van der Waals surface area contributed by atoms with Crippen molar-refractivity contribution in [3.63, 3.8) is 0 Å². The lowest BCUT2D eigenvalue weighted by atomic mass is 10.1. The van der Waals surface area contributed by atoms with Crippen LogP contribution in [0.1, 0.15) is 38.7 Å². The van der Waals surface area contributed by atoms with Crippen LogP contribution in [0.5, 0.6) is 0 Å². The van der Waals surface area contributed by atoms with Crippen LogP contribution in [0.25, 0.3) is 0 Å². The van der Waals surface area contributed by atoms with Crippen LogP contribution in [0.15, 0.2) is 24.3 Å². The van der Waals surface area contributed by atoms with Crippen molar-refractivity contribution in [3.05, 3.63) is 29.8 Å². The number of aliphatic hydroxyl groups excluding tert-OH is 1. The zero-order valence-electron chi connectivity index (χ0n) is 11.1. The van der Waals surface area contributed by atoms with Crippen molar-refractivity contribution in [3.8, 4) is 0 Å². The fourth-order valence-corrected chi connectivity index (χ4v) is 2.65. The summed E-state index contributed by atoms with van der Waals surface area (Å²) in [5.74, 6) is 1.06. The molecular weight excluding hydrogens is 210 g/mol. The first-order valence-electron chi connectivity index (χ1n) is 6.70. The lowest BCUT2D eigenvalue weighted by Gasteiger charge is -2.21. The van der Waals surface area contributed by atoms with Crippen molar-refractivity contribution in [2.75, 3.05) is 18.0 Å². The quantitative estimate of drug-likeness (QED) is 0.845. The minimum absolute atomic E-state index is 0.164. The van der Waals surface area contributed by atoms with E-state index in [1.165, 1.54) is 11.3 Å². The number of hydrogen-bond acceptors (Lipinski definition) is 2. The van der Waals surface area contributed by atoms with Gasteiger partial charge in [-0.3, -0.25) is 0 Å². The van der Waals surface area contributed by atoms with Crippen LogP contribution >= 0.6 is 0 Å². The molecule has 0 radical (unpaired) electrons. The van der Waals surface area contributed by atoms with Crippen LogP contribution in [0, 0.1) is 5.92 Å². The minimum atomic E-state index is -0.164. The number of hydrogen-bond donors (Lipinski definition) is 1. The van der Waals surface area contributed by atoms with E-state index in [1.54, 1.807) is 0 Å². The molecular formula is C15H23NO. The highest BCUT2D eigenvalue weighted by atomic mass is 16.3. The van der Waals surface area contributed by atoms with E-state index in [0.29, 0.717) is 11.8 Å². The van der Waals surface area contributed by atoms with E-state index in [1.807, 2.05) is 6.92 Å². The summed E-state index contributed by atoms with van der Waals surface area (Å²) in [6.07, 6.45) is 0.977. The van der Waals surface area contributed by atoms with Gasteiger partial charge in [0.05, 0.1) is 6.10 Å². The Labute approximate surface area is 104 Å². The van der Waals surface area contributed by atoms with Crippen molar-refractivity contribution in [1.82, 2.24) is 0 Å². The number of rotatable bonds is 5. The summed E-state index contributed by atoms with van der Waals surface area (Å²) in [6.45, 7) is 8.36. The van der Waals surface area contributed by atoms with Gasteiger partial charge in [-0.15, -0.1) is 0 Å². The molecule has 3 atom stereocenters. The molecule has 0 amide bonds. The first kappa shape index (κ1) is 12.4. The molecule has 1 fully saturated rings. The van der Waals surface area contributed by atoms with E-state index < -0.39 is 0 Å². The van der Waals surface area contributed by atoms with Crippen molar-refractivity contribution in [2.45, 2.75) is 39.2 Å². The van der Waals surface area contributed by atoms with Crippen molar-refractivity contribution in [1.29, 1.82) is 0 Å². The van der Waals surface area contributed by atoms with Gasteiger partial charge in [-0.05, 0) is 56.7 Å². The fraction of sp³-hybridized carbons (Fsp3) is 0.600. The van der Waals surface area contributed by atoms with Gasteiger partial charge >= 0.3 is 0 Å². The maximum absolute atomic E-state index is 9.53. The molecule has 1 aliphatic rings. The number of benzene rings is 1. The molecule has 1 N–H and O–H groups in total. The number of nitrogens with zero attached hydrogens (tertiary/aromatic N) is 1. The summed E-state index contributed by atoms with van der Waals surface area (Å²) in [5.41, 5.74) is 2.68. The Kier molecular flexibility index (Phi) is 3.72. The molecule has 1 aliphatic carbocycles. The van der Waals surface area contributed by atoms with E-state index >= 15 is 0 Å². The zero-order chi connectivity index (χ0) is 12.4. The van der Waals surface area contributed by atoms with E-state index in [2.05, 4.69) is 43.0 Å². The second-order valence-corrected chi connectivity index (χ2v) is 5.01. The van der Waals surface area contributed by atoms with Gasteiger partial charge in [0.1, 0.15) is 0 Å². The third-order valence-corrected chi connectivity index (χ3v) is 3.91. The second-order valence-electron chi connectivity index (χ2n) is 5.01. The minimum Gasteiger partial charge on any atom is -0.393 e. The van der Waals surface area contributed by atoms with E-state index in [0.717, 1.165) is 19.5 Å². The Morgan fingerprint density at radius 3 is 2.24 bits per heavy atom. The Hall–Kier alpha value is -1.02. The SMILES string of the molecule is CCN(CC)c1ccc([C@H]2C[C@@H]2[C@@H](C)O)cc1. The molecule has 0 unspecified atom stereocenters. The third-order valence-electron chi connectivity index (χ3n) is 3.91. The molecule has 0 heterocycles. The third kappa shape index (κ3) is 2.63. The van der Waals surface area contributed by atoms with Crippen LogP contribution in [0.2, 0.25) is 0 Å². The van der Waals surface area contributed by atoms with Gasteiger partial charge in [0.15, 0.2) is 0 Å². The number of anilines is 1. The van der Waals surface area contributed by atoms with E-state index in [4.69, 9.17) is 0 Å².